The second-order valence-corrected chi connectivity index (χ2v) is 7.44. The molecule has 4 rings (SSSR count). The summed E-state index contributed by atoms with van der Waals surface area (Å²) in [6.07, 6.45) is -1.12. The van der Waals surface area contributed by atoms with Gasteiger partial charge in [0.1, 0.15) is 18.3 Å². The quantitative estimate of drug-likeness (QED) is 0.771. The Morgan fingerprint density at radius 2 is 1.96 bits per heavy atom. The van der Waals surface area contributed by atoms with Gasteiger partial charge < -0.3 is 24.8 Å². The minimum Gasteiger partial charge on any atom is -0.388 e. The lowest BCUT2D eigenvalue weighted by molar-refractivity contribution is -0.123. The van der Waals surface area contributed by atoms with E-state index in [1.165, 1.54) is 11.3 Å². The van der Waals surface area contributed by atoms with Crippen LogP contribution in [-0.4, -0.2) is 86.2 Å². The van der Waals surface area contributed by atoms with Gasteiger partial charge in [0.2, 0.25) is 5.91 Å². The van der Waals surface area contributed by atoms with E-state index in [0.29, 0.717) is 13.2 Å². The van der Waals surface area contributed by atoms with Gasteiger partial charge in [-0.05, 0) is 24.6 Å². The Labute approximate surface area is 153 Å². The number of aliphatic hydroxyl groups excluding tert-OH is 1. The topological polar surface area (TPSA) is 74.3 Å². The third kappa shape index (κ3) is 3.71. The van der Waals surface area contributed by atoms with E-state index in [2.05, 4.69) is 46.3 Å². The monoisotopic (exact) mass is 361 g/mol. The molecule has 0 aromatic heterocycles. The molecule has 1 aromatic rings. The van der Waals surface area contributed by atoms with Gasteiger partial charge in [0, 0.05) is 31.9 Å². The smallest absolute Gasteiger partial charge is 0.234 e. The zero-order chi connectivity index (χ0) is 18.1. The zero-order valence-electron chi connectivity index (χ0n) is 15.1. The standard InChI is InChI=1S/C19H27N3O4/c1-13-3-2-4-14(9-13)22-7-5-21(6-8-22)10-17(24)20-15-11-25-19-16(23)12-26-18(15)19/h2-4,9,15-16,18-19,23H,5-8,10-12H2,1H3,(H,20,24)/t15-,16-,18-,19-/m1/s1. The SMILES string of the molecule is Cc1cccc(N2CCN(CC(=O)N[C@@H]3CO[C@H]4[C@@H]3OC[C@H]4O)CC2)c1. The second kappa shape index (κ2) is 7.52. The average molecular weight is 361 g/mol. The number of nitrogens with zero attached hydrogens (tertiary/aromatic N) is 2. The molecule has 3 fully saturated rings. The van der Waals surface area contributed by atoms with Crippen LogP contribution >= 0.6 is 0 Å². The van der Waals surface area contributed by atoms with Crippen molar-refractivity contribution < 1.29 is 19.4 Å². The van der Waals surface area contributed by atoms with Crippen molar-refractivity contribution in [3.8, 4) is 0 Å². The number of ether oxygens (including phenoxy) is 2. The van der Waals surface area contributed by atoms with Gasteiger partial charge in [0.15, 0.2) is 0 Å². The summed E-state index contributed by atoms with van der Waals surface area (Å²) in [7, 11) is 0. The number of anilines is 1. The van der Waals surface area contributed by atoms with Gasteiger partial charge >= 0.3 is 0 Å². The van der Waals surface area contributed by atoms with Crippen molar-refractivity contribution in [1.82, 2.24) is 10.2 Å². The molecule has 1 aromatic carbocycles. The normalized spacial score (nSPS) is 31.8. The average Bonchev–Trinajstić information content (AvgIpc) is 3.19. The highest BCUT2D eigenvalue weighted by molar-refractivity contribution is 5.78. The number of piperazine rings is 1. The first-order valence-corrected chi connectivity index (χ1v) is 9.35. The lowest BCUT2D eigenvalue weighted by Crippen LogP contribution is -2.52. The van der Waals surface area contributed by atoms with E-state index in [9.17, 15) is 9.90 Å². The van der Waals surface area contributed by atoms with Crippen molar-refractivity contribution in [1.29, 1.82) is 0 Å². The fourth-order valence-corrected chi connectivity index (χ4v) is 4.05. The summed E-state index contributed by atoms with van der Waals surface area (Å²) in [5.41, 5.74) is 2.51. The van der Waals surface area contributed by atoms with Crippen LogP contribution < -0.4 is 10.2 Å². The molecule has 4 atom stereocenters. The van der Waals surface area contributed by atoms with Crippen LogP contribution in [0.3, 0.4) is 0 Å². The lowest BCUT2D eigenvalue weighted by atomic mass is 10.1. The van der Waals surface area contributed by atoms with Gasteiger partial charge in [-0.25, -0.2) is 0 Å². The summed E-state index contributed by atoms with van der Waals surface area (Å²) >= 11 is 0. The van der Waals surface area contributed by atoms with Crippen LogP contribution in [0.15, 0.2) is 24.3 Å². The number of nitrogens with one attached hydrogen (secondary N) is 1. The number of hydrogen-bond acceptors (Lipinski definition) is 6. The number of fused-ring (bicyclic) bond motifs is 1. The number of carbonyl (C=O) groups is 1. The van der Waals surface area contributed by atoms with E-state index in [4.69, 9.17) is 9.47 Å². The summed E-state index contributed by atoms with van der Waals surface area (Å²) in [4.78, 5) is 16.9. The minimum atomic E-state index is -0.586. The number of benzene rings is 1. The first-order chi connectivity index (χ1) is 12.6. The van der Waals surface area contributed by atoms with Gasteiger partial charge in [-0.2, -0.15) is 0 Å². The van der Waals surface area contributed by atoms with Crippen LogP contribution in [0.25, 0.3) is 0 Å². The van der Waals surface area contributed by atoms with Crippen LogP contribution in [0, 0.1) is 6.92 Å². The number of hydrogen-bond donors (Lipinski definition) is 2. The molecule has 3 saturated heterocycles. The summed E-state index contributed by atoms with van der Waals surface area (Å²) in [5.74, 6) is -0.00625. The predicted molar refractivity (Wildman–Crippen MR) is 97.2 cm³/mol. The Kier molecular flexibility index (Phi) is 5.13. The number of aliphatic hydroxyl groups is 1. The van der Waals surface area contributed by atoms with Gasteiger partial charge in [0.05, 0.1) is 25.8 Å². The maximum absolute atomic E-state index is 12.4. The highest BCUT2D eigenvalue weighted by Gasteiger charge is 2.47. The minimum absolute atomic E-state index is 0.00625. The Balaban J connectivity index is 1.24. The van der Waals surface area contributed by atoms with Crippen LogP contribution in [-0.2, 0) is 14.3 Å². The van der Waals surface area contributed by atoms with Crippen LogP contribution in [0.4, 0.5) is 5.69 Å². The van der Waals surface area contributed by atoms with E-state index in [0.717, 1.165) is 26.2 Å². The maximum Gasteiger partial charge on any atom is 0.234 e. The number of rotatable bonds is 4. The van der Waals surface area contributed by atoms with Gasteiger partial charge in [-0.15, -0.1) is 0 Å². The second-order valence-electron chi connectivity index (χ2n) is 7.44. The highest BCUT2D eigenvalue weighted by atomic mass is 16.6. The Bertz CT molecular complexity index is 647. The van der Waals surface area contributed by atoms with Crippen molar-refractivity contribution in [3.05, 3.63) is 29.8 Å². The third-order valence-corrected chi connectivity index (χ3v) is 5.48. The molecule has 3 aliphatic rings. The molecule has 0 unspecified atom stereocenters. The molecule has 0 aliphatic carbocycles. The Morgan fingerprint density at radius 3 is 2.73 bits per heavy atom. The van der Waals surface area contributed by atoms with Crippen molar-refractivity contribution in [2.45, 2.75) is 31.3 Å². The first kappa shape index (κ1) is 17.7. The summed E-state index contributed by atoms with van der Waals surface area (Å²) in [6.45, 7) is 6.74. The molecule has 0 spiro atoms. The number of amides is 1. The lowest BCUT2D eigenvalue weighted by Gasteiger charge is -2.36. The molecule has 3 aliphatic heterocycles. The van der Waals surface area contributed by atoms with Crippen LogP contribution in [0.1, 0.15) is 5.56 Å². The van der Waals surface area contributed by atoms with Crippen molar-refractivity contribution >= 4 is 11.6 Å². The summed E-state index contributed by atoms with van der Waals surface area (Å²) in [5, 5.41) is 12.8. The number of carbonyl (C=O) groups excluding carboxylic acids is 1. The largest absolute Gasteiger partial charge is 0.388 e. The molecular weight excluding hydrogens is 334 g/mol. The molecule has 7 nitrogen and oxygen atoms in total. The molecule has 26 heavy (non-hydrogen) atoms. The van der Waals surface area contributed by atoms with Crippen molar-refractivity contribution in [3.63, 3.8) is 0 Å². The Hall–Kier alpha value is -1.67. The van der Waals surface area contributed by atoms with Crippen molar-refractivity contribution in [2.75, 3.05) is 50.8 Å². The molecule has 142 valence electrons. The third-order valence-electron chi connectivity index (χ3n) is 5.48. The first-order valence-electron chi connectivity index (χ1n) is 9.35. The zero-order valence-corrected chi connectivity index (χ0v) is 15.1. The number of aryl methyl sites for hydroxylation is 1. The Morgan fingerprint density at radius 1 is 1.19 bits per heavy atom. The fraction of sp³-hybridized carbons (Fsp3) is 0.632. The summed E-state index contributed by atoms with van der Waals surface area (Å²) in [6, 6.07) is 8.37. The molecule has 2 N–H and O–H groups in total. The van der Waals surface area contributed by atoms with E-state index in [-0.39, 0.29) is 30.8 Å². The fourth-order valence-electron chi connectivity index (χ4n) is 4.05. The van der Waals surface area contributed by atoms with E-state index in [1.807, 2.05) is 0 Å². The highest BCUT2D eigenvalue weighted by Crippen LogP contribution is 2.27. The van der Waals surface area contributed by atoms with Crippen LogP contribution in [0.5, 0.6) is 0 Å². The van der Waals surface area contributed by atoms with E-state index in [1.54, 1.807) is 0 Å². The van der Waals surface area contributed by atoms with Gasteiger partial charge in [0.25, 0.3) is 0 Å². The predicted octanol–water partition coefficient (Wildman–Crippen LogP) is -0.240. The van der Waals surface area contributed by atoms with E-state index < -0.39 is 6.10 Å². The molecule has 1 amide bonds. The van der Waals surface area contributed by atoms with Gasteiger partial charge in [-0.1, -0.05) is 12.1 Å². The molecule has 0 radical (unpaired) electrons. The maximum atomic E-state index is 12.4. The van der Waals surface area contributed by atoms with E-state index >= 15 is 0 Å². The molecular formula is C19H27N3O4. The molecule has 3 heterocycles. The molecule has 7 heteroatoms. The molecule has 0 bridgehead atoms. The molecule has 0 saturated carbocycles. The summed E-state index contributed by atoms with van der Waals surface area (Å²) < 4.78 is 11.1. The van der Waals surface area contributed by atoms with Crippen LogP contribution in [0.2, 0.25) is 0 Å². The van der Waals surface area contributed by atoms with Crippen molar-refractivity contribution in [2.24, 2.45) is 0 Å². The van der Waals surface area contributed by atoms with Gasteiger partial charge in [-0.3, -0.25) is 9.69 Å².